The van der Waals surface area contributed by atoms with Gasteiger partial charge in [0.05, 0.1) is 0 Å². The summed E-state index contributed by atoms with van der Waals surface area (Å²) in [6, 6.07) is 16.0. The third-order valence-electron chi connectivity index (χ3n) is 3.91. The van der Waals surface area contributed by atoms with Gasteiger partial charge in [0.1, 0.15) is 6.04 Å². The molecule has 0 bridgehead atoms. The molecular formula is C19H24ClN2O+. The van der Waals surface area contributed by atoms with E-state index in [2.05, 4.69) is 38.2 Å². The molecule has 0 saturated heterocycles. The van der Waals surface area contributed by atoms with Crippen LogP contribution in [0.15, 0.2) is 48.5 Å². The largest absolute Gasteiger partial charge is 0.333 e. The van der Waals surface area contributed by atoms with E-state index in [0.717, 1.165) is 16.3 Å². The van der Waals surface area contributed by atoms with Crippen molar-refractivity contribution in [1.29, 1.82) is 0 Å². The molecule has 0 spiro atoms. The Morgan fingerprint density at radius 1 is 1.00 bits per heavy atom. The number of amides is 1. The Morgan fingerprint density at radius 3 is 2.13 bits per heavy atom. The molecule has 122 valence electrons. The number of benzene rings is 2. The lowest BCUT2D eigenvalue weighted by Crippen LogP contribution is -2.86. The molecule has 0 aromatic heterocycles. The van der Waals surface area contributed by atoms with Gasteiger partial charge in [0.2, 0.25) is 0 Å². The number of quaternary nitrogens is 1. The number of halogens is 1. The molecule has 0 fully saturated rings. The lowest BCUT2D eigenvalue weighted by molar-refractivity contribution is -0.682. The zero-order valence-electron chi connectivity index (χ0n) is 13.8. The predicted octanol–water partition coefficient (Wildman–Crippen LogP) is 3.73. The third-order valence-corrected chi connectivity index (χ3v) is 4.17. The molecule has 23 heavy (non-hydrogen) atoms. The minimum atomic E-state index is 0.00288. The molecule has 3 nitrogen and oxygen atoms in total. The van der Waals surface area contributed by atoms with Gasteiger partial charge in [-0.15, -0.1) is 0 Å². The van der Waals surface area contributed by atoms with E-state index in [9.17, 15) is 4.79 Å². The van der Waals surface area contributed by atoms with Crippen LogP contribution in [0.3, 0.4) is 0 Å². The van der Waals surface area contributed by atoms with Crippen molar-refractivity contribution in [3.05, 3.63) is 64.7 Å². The summed E-state index contributed by atoms with van der Waals surface area (Å²) in [6.45, 7) is 6.77. The van der Waals surface area contributed by atoms with Crippen molar-refractivity contribution in [3.8, 4) is 0 Å². The number of hydrogen-bond acceptors (Lipinski definition) is 1. The summed E-state index contributed by atoms with van der Waals surface area (Å²) < 4.78 is 0. The lowest BCUT2D eigenvalue weighted by Gasteiger charge is -2.12. The molecule has 1 atom stereocenters. The highest BCUT2D eigenvalue weighted by molar-refractivity contribution is 6.30. The van der Waals surface area contributed by atoms with E-state index >= 15 is 0 Å². The van der Waals surface area contributed by atoms with Gasteiger partial charge in [0.25, 0.3) is 5.91 Å². The minimum Gasteiger partial charge on any atom is -0.333 e. The van der Waals surface area contributed by atoms with Gasteiger partial charge in [0.15, 0.2) is 6.54 Å². The highest BCUT2D eigenvalue weighted by atomic mass is 35.5. The molecule has 3 N–H and O–H groups in total. The first-order valence-electron chi connectivity index (χ1n) is 7.94. The van der Waals surface area contributed by atoms with Crippen LogP contribution in [0.25, 0.3) is 0 Å². The average molecular weight is 332 g/mol. The highest BCUT2D eigenvalue weighted by Crippen LogP contribution is 2.17. The Balaban J connectivity index is 1.83. The van der Waals surface area contributed by atoms with Gasteiger partial charge in [0, 0.05) is 16.3 Å². The summed E-state index contributed by atoms with van der Waals surface area (Å²) in [4.78, 5) is 12.1. The van der Waals surface area contributed by atoms with E-state index in [1.807, 2.05) is 41.7 Å². The zero-order chi connectivity index (χ0) is 16.8. The molecule has 0 radical (unpaired) electrons. The minimum absolute atomic E-state index is 0.00288. The van der Waals surface area contributed by atoms with E-state index in [1.165, 1.54) is 5.56 Å². The zero-order valence-corrected chi connectivity index (χ0v) is 14.6. The number of anilines is 1. The van der Waals surface area contributed by atoms with E-state index in [4.69, 9.17) is 11.6 Å². The number of carbonyl (C=O) groups is 1. The maximum Gasteiger partial charge on any atom is 0.279 e. The highest BCUT2D eigenvalue weighted by Gasteiger charge is 2.11. The maximum absolute atomic E-state index is 12.1. The molecule has 2 rings (SSSR count). The molecular weight excluding hydrogens is 308 g/mol. The number of carbonyl (C=O) groups excluding carboxylic acids is 1. The number of nitrogens with one attached hydrogen (secondary N) is 1. The molecule has 2 aromatic rings. The Labute approximate surface area is 143 Å². The predicted molar refractivity (Wildman–Crippen MR) is 95.8 cm³/mol. The first kappa shape index (κ1) is 17.5. The van der Waals surface area contributed by atoms with Crippen molar-refractivity contribution in [2.45, 2.75) is 32.7 Å². The fourth-order valence-electron chi connectivity index (χ4n) is 2.35. The van der Waals surface area contributed by atoms with Crippen LogP contribution in [0.1, 0.15) is 43.9 Å². The molecule has 0 aliphatic rings. The Bertz CT molecular complexity index is 635. The summed E-state index contributed by atoms with van der Waals surface area (Å²) in [6.07, 6.45) is 0. The van der Waals surface area contributed by atoms with Crippen LogP contribution in [0.4, 0.5) is 5.69 Å². The van der Waals surface area contributed by atoms with Crippen LogP contribution in [-0.2, 0) is 4.79 Å². The smallest absolute Gasteiger partial charge is 0.279 e. The summed E-state index contributed by atoms with van der Waals surface area (Å²) in [5, 5.41) is 5.67. The van der Waals surface area contributed by atoms with Gasteiger partial charge in [-0.05, 0) is 42.7 Å². The number of nitrogens with two attached hydrogens (primary N) is 1. The van der Waals surface area contributed by atoms with Gasteiger partial charge in [-0.2, -0.15) is 0 Å². The number of rotatable bonds is 6. The summed E-state index contributed by atoms with van der Waals surface area (Å²) in [5.74, 6) is 0.497. The van der Waals surface area contributed by atoms with Crippen molar-refractivity contribution in [2.75, 3.05) is 11.9 Å². The van der Waals surface area contributed by atoms with Crippen LogP contribution in [0.2, 0.25) is 5.02 Å². The molecule has 0 aliphatic heterocycles. The average Bonchev–Trinajstić information content (AvgIpc) is 2.54. The molecule has 4 heteroatoms. The van der Waals surface area contributed by atoms with Gasteiger partial charge in [-0.3, -0.25) is 4.79 Å². The molecule has 0 heterocycles. The van der Waals surface area contributed by atoms with Crippen molar-refractivity contribution in [2.24, 2.45) is 0 Å². The molecule has 1 amide bonds. The summed E-state index contributed by atoms with van der Waals surface area (Å²) in [5.41, 5.74) is 3.27. The normalized spacial score (nSPS) is 12.2. The standard InChI is InChI=1S/C19H23ClN2O/c1-13(2)15-6-10-18(11-7-15)22-19(23)12-21-14(3)16-4-8-17(20)9-5-16/h4-11,13-14,21H,12H2,1-3H3,(H,22,23)/p+1/t14-/m1/s1. The van der Waals surface area contributed by atoms with Gasteiger partial charge in [-0.25, -0.2) is 0 Å². The van der Waals surface area contributed by atoms with E-state index in [1.54, 1.807) is 0 Å². The quantitative estimate of drug-likeness (QED) is 0.832. The number of hydrogen-bond donors (Lipinski definition) is 2. The molecule has 0 saturated carbocycles. The van der Waals surface area contributed by atoms with Gasteiger partial charge >= 0.3 is 0 Å². The van der Waals surface area contributed by atoms with Gasteiger partial charge in [-0.1, -0.05) is 49.7 Å². The van der Waals surface area contributed by atoms with Crippen LogP contribution < -0.4 is 10.6 Å². The maximum atomic E-state index is 12.1. The Morgan fingerprint density at radius 2 is 1.57 bits per heavy atom. The Kier molecular flexibility index (Phi) is 6.20. The van der Waals surface area contributed by atoms with Gasteiger partial charge < -0.3 is 10.6 Å². The van der Waals surface area contributed by atoms with Crippen molar-refractivity contribution >= 4 is 23.2 Å². The molecule has 0 aliphatic carbocycles. The topological polar surface area (TPSA) is 45.7 Å². The SMILES string of the molecule is CC(C)c1ccc(NC(=O)C[NH2+][C@H](C)c2ccc(Cl)cc2)cc1. The third kappa shape index (κ3) is 5.38. The fraction of sp³-hybridized carbons (Fsp3) is 0.316. The Hall–Kier alpha value is -1.84. The van der Waals surface area contributed by atoms with Crippen molar-refractivity contribution in [1.82, 2.24) is 0 Å². The second kappa shape index (κ2) is 8.14. The van der Waals surface area contributed by atoms with Crippen LogP contribution >= 0.6 is 11.6 Å². The van der Waals surface area contributed by atoms with E-state index < -0.39 is 0 Å². The summed E-state index contributed by atoms with van der Waals surface area (Å²) in [7, 11) is 0. The first-order valence-corrected chi connectivity index (χ1v) is 8.32. The lowest BCUT2D eigenvalue weighted by atomic mass is 10.0. The van der Waals surface area contributed by atoms with Crippen LogP contribution in [0, 0.1) is 0 Å². The van der Waals surface area contributed by atoms with Crippen LogP contribution in [0.5, 0.6) is 0 Å². The van der Waals surface area contributed by atoms with Crippen molar-refractivity contribution in [3.63, 3.8) is 0 Å². The van der Waals surface area contributed by atoms with Crippen LogP contribution in [-0.4, -0.2) is 12.5 Å². The molecule has 2 aromatic carbocycles. The second-order valence-corrected chi connectivity index (χ2v) is 6.54. The fourth-order valence-corrected chi connectivity index (χ4v) is 2.48. The summed E-state index contributed by atoms with van der Waals surface area (Å²) >= 11 is 5.89. The second-order valence-electron chi connectivity index (χ2n) is 6.10. The molecule has 0 unspecified atom stereocenters. The van der Waals surface area contributed by atoms with E-state index in [0.29, 0.717) is 12.5 Å². The van der Waals surface area contributed by atoms with E-state index in [-0.39, 0.29) is 11.9 Å². The van der Waals surface area contributed by atoms with Crippen molar-refractivity contribution < 1.29 is 10.1 Å². The monoisotopic (exact) mass is 331 g/mol. The first-order chi connectivity index (χ1) is 11.0.